The van der Waals surface area contributed by atoms with Crippen molar-refractivity contribution in [1.82, 2.24) is 0 Å². The molecule has 0 heterocycles. The van der Waals surface area contributed by atoms with Crippen LogP contribution in [-0.2, 0) is 9.47 Å². The second-order valence-electron chi connectivity index (χ2n) is 4.82. The average molecular weight is 242 g/mol. The Morgan fingerprint density at radius 2 is 1.59 bits per heavy atom. The molecule has 1 unspecified atom stereocenters. The fourth-order valence-corrected chi connectivity index (χ4v) is 2.12. The van der Waals surface area contributed by atoms with Crippen LogP contribution in [0.2, 0.25) is 0 Å². The van der Waals surface area contributed by atoms with Crippen LogP contribution in [0.15, 0.2) is 12.7 Å². The third-order valence-electron chi connectivity index (χ3n) is 3.64. The topological polar surface area (TPSA) is 18.5 Å². The molecular formula is C15H30O2. The molecule has 0 aromatic carbocycles. The zero-order chi connectivity index (χ0) is 13.1. The first kappa shape index (κ1) is 16.7. The van der Waals surface area contributed by atoms with E-state index in [2.05, 4.69) is 13.5 Å². The van der Waals surface area contributed by atoms with Crippen molar-refractivity contribution in [3.05, 3.63) is 12.7 Å². The van der Waals surface area contributed by atoms with Gasteiger partial charge < -0.3 is 9.47 Å². The predicted octanol–water partition coefficient (Wildman–Crippen LogP) is 4.55. The zero-order valence-electron chi connectivity index (χ0n) is 12.1. The van der Waals surface area contributed by atoms with Crippen LogP contribution in [0, 0.1) is 5.92 Å². The minimum Gasteiger partial charge on any atom is -0.353 e. The van der Waals surface area contributed by atoms with Crippen LogP contribution in [0.5, 0.6) is 0 Å². The van der Waals surface area contributed by atoms with Crippen molar-refractivity contribution in [2.45, 2.75) is 64.6 Å². The number of hydrogen-bond acceptors (Lipinski definition) is 2. The van der Waals surface area contributed by atoms with Crippen LogP contribution < -0.4 is 0 Å². The lowest BCUT2D eigenvalue weighted by Crippen LogP contribution is -2.37. The summed E-state index contributed by atoms with van der Waals surface area (Å²) in [5.74, 6) is -0.255. The highest BCUT2D eigenvalue weighted by atomic mass is 16.7. The van der Waals surface area contributed by atoms with E-state index in [1.165, 1.54) is 38.5 Å². The number of ether oxygens (including phenoxy) is 2. The largest absolute Gasteiger partial charge is 0.353 e. The van der Waals surface area contributed by atoms with Gasteiger partial charge in [0, 0.05) is 20.1 Å². The molecule has 0 fully saturated rings. The van der Waals surface area contributed by atoms with E-state index in [0.29, 0.717) is 0 Å². The Morgan fingerprint density at radius 1 is 1.06 bits per heavy atom. The van der Waals surface area contributed by atoms with Gasteiger partial charge in [-0.3, -0.25) is 0 Å². The molecule has 0 spiro atoms. The van der Waals surface area contributed by atoms with Gasteiger partial charge in [-0.25, -0.2) is 0 Å². The van der Waals surface area contributed by atoms with Gasteiger partial charge in [0.1, 0.15) is 0 Å². The lowest BCUT2D eigenvalue weighted by Gasteiger charge is -2.33. The van der Waals surface area contributed by atoms with Crippen molar-refractivity contribution in [3.8, 4) is 0 Å². The van der Waals surface area contributed by atoms with E-state index < -0.39 is 5.79 Å². The molecule has 0 amide bonds. The molecule has 2 nitrogen and oxygen atoms in total. The Hall–Kier alpha value is -0.340. The molecule has 0 aliphatic carbocycles. The monoisotopic (exact) mass is 242 g/mol. The third-order valence-corrected chi connectivity index (χ3v) is 3.64. The molecule has 17 heavy (non-hydrogen) atoms. The van der Waals surface area contributed by atoms with Crippen molar-refractivity contribution in [2.75, 3.05) is 14.2 Å². The predicted molar refractivity (Wildman–Crippen MR) is 74.1 cm³/mol. The van der Waals surface area contributed by atoms with Gasteiger partial charge in [0.15, 0.2) is 5.79 Å². The molecule has 0 radical (unpaired) electrons. The van der Waals surface area contributed by atoms with Crippen molar-refractivity contribution >= 4 is 0 Å². The van der Waals surface area contributed by atoms with E-state index in [9.17, 15) is 0 Å². The maximum Gasteiger partial charge on any atom is 0.170 e. The normalized spacial score (nSPS) is 13.6. The van der Waals surface area contributed by atoms with Gasteiger partial charge >= 0.3 is 0 Å². The summed E-state index contributed by atoms with van der Waals surface area (Å²) in [6, 6.07) is 0. The molecule has 0 saturated carbocycles. The van der Waals surface area contributed by atoms with Gasteiger partial charge in [-0.1, -0.05) is 51.5 Å². The van der Waals surface area contributed by atoms with Gasteiger partial charge in [0.25, 0.3) is 0 Å². The van der Waals surface area contributed by atoms with Gasteiger partial charge in [0.2, 0.25) is 0 Å². The quantitative estimate of drug-likeness (QED) is 0.301. The Kier molecular flexibility index (Phi) is 9.47. The summed E-state index contributed by atoms with van der Waals surface area (Å²) in [5.41, 5.74) is 0. The summed E-state index contributed by atoms with van der Waals surface area (Å²) in [6.07, 6.45) is 10.9. The fraction of sp³-hybridized carbons (Fsp3) is 0.867. The van der Waals surface area contributed by atoms with E-state index in [1.807, 2.05) is 13.0 Å². The highest BCUT2D eigenvalue weighted by Crippen LogP contribution is 2.28. The first-order valence-corrected chi connectivity index (χ1v) is 6.87. The molecule has 0 aliphatic rings. The van der Waals surface area contributed by atoms with Crippen LogP contribution in [0.4, 0.5) is 0 Å². The Bertz CT molecular complexity index is 185. The highest BCUT2D eigenvalue weighted by molar-refractivity contribution is 4.88. The molecule has 102 valence electrons. The average Bonchev–Trinajstić information content (AvgIpc) is 2.37. The smallest absolute Gasteiger partial charge is 0.170 e. The highest BCUT2D eigenvalue weighted by Gasteiger charge is 2.31. The molecule has 0 N–H and O–H groups in total. The first-order valence-electron chi connectivity index (χ1n) is 6.87. The maximum absolute atomic E-state index is 5.44. The summed E-state index contributed by atoms with van der Waals surface area (Å²) in [7, 11) is 3.39. The van der Waals surface area contributed by atoms with Crippen LogP contribution in [-0.4, -0.2) is 20.0 Å². The van der Waals surface area contributed by atoms with E-state index in [0.717, 1.165) is 6.42 Å². The molecule has 2 heteroatoms. The minimum absolute atomic E-state index is 0.267. The SMILES string of the molecule is C=CC(CCCCCCCC)C(C)(OC)OC. The van der Waals surface area contributed by atoms with Crippen molar-refractivity contribution in [2.24, 2.45) is 5.92 Å². The van der Waals surface area contributed by atoms with Crippen LogP contribution in [0.1, 0.15) is 58.8 Å². The number of methoxy groups -OCH3 is 2. The molecule has 0 aromatic heterocycles. The fourth-order valence-electron chi connectivity index (χ4n) is 2.12. The van der Waals surface area contributed by atoms with Crippen LogP contribution in [0.25, 0.3) is 0 Å². The van der Waals surface area contributed by atoms with Crippen LogP contribution in [0.3, 0.4) is 0 Å². The second kappa shape index (κ2) is 9.67. The van der Waals surface area contributed by atoms with Crippen molar-refractivity contribution in [3.63, 3.8) is 0 Å². The minimum atomic E-state index is -0.523. The number of hydrogen-bond donors (Lipinski definition) is 0. The summed E-state index contributed by atoms with van der Waals surface area (Å²) in [4.78, 5) is 0. The first-order chi connectivity index (χ1) is 8.14. The Labute approximate surface area is 107 Å². The lowest BCUT2D eigenvalue weighted by molar-refractivity contribution is -0.218. The summed E-state index contributed by atoms with van der Waals surface area (Å²) >= 11 is 0. The lowest BCUT2D eigenvalue weighted by atomic mass is 9.93. The van der Waals surface area contributed by atoms with Gasteiger partial charge in [-0.15, -0.1) is 6.58 Å². The molecule has 1 atom stereocenters. The molecular weight excluding hydrogens is 212 g/mol. The van der Waals surface area contributed by atoms with Gasteiger partial charge in [-0.2, -0.15) is 0 Å². The molecule has 0 saturated heterocycles. The Morgan fingerprint density at radius 3 is 2.06 bits per heavy atom. The van der Waals surface area contributed by atoms with E-state index in [-0.39, 0.29) is 5.92 Å². The maximum atomic E-state index is 5.44. The zero-order valence-corrected chi connectivity index (χ0v) is 12.1. The van der Waals surface area contributed by atoms with Crippen LogP contribution >= 0.6 is 0 Å². The summed E-state index contributed by atoms with van der Waals surface area (Å²) in [5, 5.41) is 0. The Balaban J connectivity index is 3.86. The summed E-state index contributed by atoms with van der Waals surface area (Å²) < 4.78 is 10.9. The van der Waals surface area contributed by atoms with Crippen molar-refractivity contribution in [1.29, 1.82) is 0 Å². The summed E-state index contributed by atoms with van der Waals surface area (Å²) in [6.45, 7) is 8.12. The molecule has 0 rings (SSSR count). The number of unbranched alkanes of at least 4 members (excludes halogenated alkanes) is 5. The molecule has 0 aliphatic heterocycles. The van der Waals surface area contributed by atoms with E-state index in [1.54, 1.807) is 14.2 Å². The standard InChI is InChI=1S/C15H30O2/c1-6-8-9-10-11-12-13-14(7-2)15(3,16-4)17-5/h7,14H,2,6,8-13H2,1,3-5H3. The van der Waals surface area contributed by atoms with E-state index in [4.69, 9.17) is 9.47 Å². The van der Waals surface area contributed by atoms with Crippen molar-refractivity contribution < 1.29 is 9.47 Å². The third kappa shape index (κ3) is 6.23. The van der Waals surface area contributed by atoms with Gasteiger partial charge in [-0.05, 0) is 13.3 Å². The molecule has 0 aromatic rings. The second-order valence-corrected chi connectivity index (χ2v) is 4.82. The molecule has 0 bridgehead atoms. The number of rotatable bonds is 11. The van der Waals surface area contributed by atoms with E-state index >= 15 is 0 Å². The van der Waals surface area contributed by atoms with Gasteiger partial charge in [0.05, 0.1) is 0 Å².